The fourth-order valence-electron chi connectivity index (χ4n) is 5.12. The molecule has 1 fully saturated rings. The number of carbonyl (C=O) groups is 2. The summed E-state index contributed by atoms with van der Waals surface area (Å²) in [6, 6.07) is 0. The van der Waals surface area contributed by atoms with Crippen molar-refractivity contribution < 1.29 is 19.8 Å². The minimum absolute atomic E-state index is 0.114. The number of hydrogen-bond donors (Lipinski definition) is 2. The summed E-state index contributed by atoms with van der Waals surface area (Å²) in [4.78, 5) is 25.6. The molecule has 0 aliphatic heterocycles. The van der Waals surface area contributed by atoms with Gasteiger partial charge in [0.2, 0.25) is 0 Å². The average molecular weight is 332 g/mol. The minimum Gasteiger partial charge on any atom is -0.382 e. The van der Waals surface area contributed by atoms with E-state index in [2.05, 4.69) is 13.8 Å². The fraction of sp³-hybridized carbons (Fsp3) is 0.700. The molecule has 6 atom stereocenters. The van der Waals surface area contributed by atoms with Crippen molar-refractivity contribution >= 4 is 11.6 Å². The smallest absolute Gasteiger partial charge is 0.187 e. The standard InChI is InChI=1S/C20H28O4/c1-9(2)11-7-13-17-15(16(11)18(22)19(13,5)23)12(10(3)4)8-14(21)20(17,6)24/h7-10,13,15-17,23-24H,1-6H3/t13-,15-,16+,17+,19-,20-/m0/s1. The molecule has 0 radical (unpaired) electrons. The summed E-state index contributed by atoms with van der Waals surface area (Å²) >= 11 is 0. The maximum absolute atomic E-state index is 13.1. The lowest BCUT2D eigenvalue weighted by Gasteiger charge is -2.59. The van der Waals surface area contributed by atoms with E-state index < -0.39 is 29.0 Å². The van der Waals surface area contributed by atoms with Crippen LogP contribution in [-0.4, -0.2) is 33.0 Å². The molecule has 0 amide bonds. The zero-order valence-corrected chi connectivity index (χ0v) is 15.3. The molecule has 0 aromatic carbocycles. The Morgan fingerprint density at radius 2 is 1.50 bits per heavy atom. The molecule has 4 aliphatic rings. The van der Waals surface area contributed by atoms with Crippen molar-refractivity contribution in [3.63, 3.8) is 0 Å². The van der Waals surface area contributed by atoms with Crippen LogP contribution >= 0.6 is 0 Å². The summed E-state index contributed by atoms with van der Waals surface area (Å²) in [5, 5.41) is 21.8. The topological polar surface area (TPSA) is 74.6 Å². The van der Waals surface area contributed by atoms with Gasteiger partial charge in [0, 0.05) is 23.7 Å². The van der Waals surface area contributed by atoms with E-state index in [1.165, 1.54) is 13.8 Å². The zero-order valence-electron chi connectivity index (χ0n) is 15.3. The minimum atomic E-state index is -1.56. The third-order valence-corrected chi connectivity index (χ3v) is 6.46. The van der Waals surface area contributed by atoms with Gasteiger partial charge in [-0.25, -0.2) is 0 Å². The van der Waals surface area contributed by atoms with Gasteiger partial charge in [-0.2, -0.15) is 0 Å². The van der Waals surface area contributed by atoms with Crippen LogP contribution in [0.5, 0.6) is 0 Å². The monoisotopic (exact) mass is 332 g/mol. The van der Waals surface area contributed by atoms with E-state index in [9.17, 15) is 19.8 Å². The quantitative estimate of drug-likeness (QED) is 0.761. The van der Waals surface area contributed by atoms with Gasteiger partial charge in [0.15, 0.2) is 11.6 Å². The second-order valence-electron chi connectivity index (χ2n) is 8.70. The lowest BCUT2D eigenvalue weighted by molar-refractivity contribution is -0.178. The Balaban J connectivity index is 2.28. The van der Waals surface area contributed by atoms with Crippen molar-refractivity contribution in [3.05, 3.63) is 23.3 Å². The van der Waals surface area contributed by atoms with Crippen LogP contribution in [0.15, 0.2) is 23.3 Å². The summed E-state index contributed by atoms with van der Waals surface area (Å²) in [7, 11) is 0. The highest BCUT2D eigenvalue weighted by atomic mass is 16.3. The number of Topliss-reactive ketones (excluding diaryl/α,β-unsaturated/α-hetero) is 1. The van der Waals surface area contributed by atoms with E-state index in [0.29, 0.717) is 0 Å². The molecule has 2 N–H and O–H groups in total. The first-order chi connectivity index (χ1) is 10.9. The molecule has 0 heterocycles. The van der Waals surface area contributed by atoms with E-state index in [1.807, 2.05) is 19.9 Å². The van der Waals surface area contributed by atoms with E-state index in [-0.39, 0.29) is 29.3 Å². The Kier molecular flexibility index (Phi) is 3.75. The van der Waals surface area contributed by atoms with Crippen LogP contribution in [0.1, 0.15) is 41.5 Å². The maximum Gasteiger partial charge on any atom is 0.187 e. The second-order valence-corrected chi connectivity index (χ2v) is 8.70. The molecule has 0 aromatic heterocycles. The first-order valence-electron chi connectivity index (χ1n) is 8.88. The maximum atomic E-state index is 13.1. The van der Waals surface area contributed by atoms with Crippen LogP contribution in [0.2, 0.25) is 0 Å². The van der Waals surface area contributed by atoms with Crippen molar-refractivity contribution in [1.29, 1.82) is 0 Å². The van der Waals surface area contributed by atoms with Crippen molar-refractivity contribution in [2.45, 2.75) is 52.7 Å². The Morgan fingerprint density at radius 3 is 2.00 bits per heavy atom. The van der Waals surface area contributed by atoms with E-state index in [0.717, 1.165) is 11.1 Å². The summed E-state index contributed by atoms with van der Waals surface area (Å²) in [5.41, 5.74) is -1.13. The molecule has 4 nitrogen and oxygen atoms in total. The van der Waals surface area contributed by atoms with Crippen LogP contribution in [0.25, 0.3) is 0 Å². The first kappa shape index (κ1) is 17.6. The summed E-state index contributed by atoms with van der Waals surface area (Å²) in [5.74, 6) is -1.86. The molecule has 1 saturated carbocycles. The number of carbonyl (C=O) groups excluding carboxylic acids is 2. The van der Waals surface area contributed by atoms with Gasteiger partial charge in [-0.1, -0.05) is 44.9 Å². The van der Waals surface area contributed by atoms with Gasteiger partial charge in [0.05, 0.1) is 0 Å². The van der Waals surface area contributed by atoms with Crippen LogP contribution < -0.4 is 0 Å². The Bertz CT molecular complexity index is 663. The van der Waals surface area contributed by atoms with E-state index in [1.54, 1.807) is 6.08 Å². The van der Waals surface area contributed by atoms with Crippen molar-refractivity contribution in [1.82, 2.24) is 0 Å². The molecule has 0 spiro atoms. The number of aliphatic hydroxyl groups is 2. The number of allylic oxidation sites excluding steroid dienone is 2. The SMILES string of the molecule is CC(C)C1=C[C@H]2[C@@H]3[C@@H](C(C(C)C)=CC(=O)[C@]3(C)O)[C@@H]1C(=O)[C@@]2(C)O. The van der Waals surface area contributed by atoms with Crippen LogP contribution in [0, 0.1) is 35.5 Å². The zero-order chi connectivity index (χ0) is 18.2. The highest BCUT2D eigenvalue weighted by Crippen LogP contribution is 2.59. The highest BCUT2D eigenvalue weighted by molar-refractivity contribution is 6.01. The van der Waals surface area contributed by atoms with Gasteiger partial charge >= 0.3 is 0 Å². The van der Waals surface area contributed by atoms with Crippen molar-refractivity contribution in [2.24, 2.45) is 35.5 Å². The number of fused-ring (bicyclic) bond motifs is 1. The average Bonchev–Trinajstić information content (AvgIpc) is 2.46. The van der Waals surface area contributed by atoms with Gasteiger partial charge in [0.1, 0.15) is 11.2 Å². The predicted octanol–water partition coefficient (Wildman–Crippen LogP) is 2.30. The van der Waals surface area contributed by atoms with Gasteiger partial charge in [-0.05, 0) is 31.8 Å². The number of hydrogen-bond acceptors (Lipinski definition) is 4. The molecule has 0 aromatic rings. The molecule has 132 valence electrons. The summed E-state index contributed by atoms with van der Waals surface area (Å²) in [6.45, 7) is 11.2. The first-order valence-corrected chi connectivity index (χ1v) is 8.88. The summed E-state index contributed by atoms with van der Waals surface area (Å²) < 4.78 is 0. The molecule has 0 unspecified atom stereocenters. The predicted molar refractivity (Wildman–Crippen MR) is 91.1 cm³/mol. The lowest BCUT2D eigenvalue weighted by Crippen LogP contribution is -2.68. The van der Waals surface area contributed by atoms with Gasteiger partial charge in [0.25, 0.3) is 0 Å². The van der Waals surface area contributed by atoms with Crippen LogP contribution in [0.4, 0.5) is 0 Å². The lowest BCUT2D eigenvalue weighted by atomic mass is 9.45. The molecule has 4 rings (SSSR count). The molecule has 4 aliphatic carbocycles. The van der Waals surface area contributed by atoms with Gasteiger partial charge in [-0.15, -0.1) is 0 Å². The van der Waals surface area contributed by atoms with E-state index >= 15 is 0 Å². The third-order valence-electron chi connectivity index (χ3n) is 6.46. The molecule has 24 heavy (non-hydrogen) atoms. The van der Waals surface area contributed by atoms with Crippen molar-refractivity contribution in [3.8, 4) is 0 Å². The second kappa shape index (κ2) is 5.12. The molecule has 0 saturated heterocycles. The Labute approximate surface area is 143 Å². The Morgan fingerprint density at radius 1 is 0.958 bits per heavy atom. The van der Waals surface area contributed by atoms with Gasteiger partial charge < -0.3 is 10.2 Å². The third kappa shape index (κ3) is 2.05. The molecule has 4 heteroatoms. The fourth-order valence-corrected chi connectivity index (χ4v) is 5.12. The largest absolute Gasteiger partial charge is 0.382 e. The van der Waals surface area contributed by atoms with Crippen LogP contribution in [0.3, 0.4) is 0 Å². The normalized spacial score (nSPS) is 44.8. The molecular weight excluding hydrogens is 304 g/mol. The van der Waals surface area contributed by atoms with Gasteiger partial charge in [-0.3, -0.25) is 9.59 Å². The van der Waals surface area contributed by atoms with E-state index in [4.69, 9.17) is 0 Å². The molecule has 2 bridgehead atoms. The van der Waals surface area contributed by atoms with Crippen LogP contribution in [-0.2, 0) is 9.59 Å². The number of ketones is 2. The Hall–Kier alpha value is -1.26. The highest BCUT2D eigenvalue weighted by Gasteiger charge is 2.66. The number of rotatable bonds is 2. The molecular formula is C20H28O4. The van der Waals surface area contributed by atoms with Crippen molar-refractivity contribution in [2.75, 3.05) is 0 Å². The summed E-state index contributed by atoms with van der Waals surface area (Å²) in [6.07, 6.45) is 3.51.